The molecule has 39 heavy (non-hydrogen) atoms. The minimum Gasteiger partial charge on any atom is -0.338 e. The van der Waals surface area contributed by atoms with Gasteiger partial charge < -0.3 is 16.4 Å². The number of nitrogens with one attached hydrogen (secondary N) is 2. The minimum atomic E-state index is -5.23. The van der Waals surface area contributed by atoms with E-state index in [2.05, 4.69) is 10.6 Å². The Kier molecular flexibility index (Phi) is 8.80. The normalized spacial score (nSPS) is 15.7. The van der Waals surface area contributed by atoms with Gasteiger partial charge >= 0.3 is 12.4 Å². The predicted molar refractivity (Wildman–Crippen MR) is 126 cm³/mol. The molecule has 0 spiro atoms. The lowest BCUT2D eigenvalue weighted by molar-refractivity contribution is -0.143. The largest absolute Gasteiger partial charge is 0.416 e. The zero-order valence-corrected chi connectivity index (χ0v) is 20.1. The molecule has 2 aromatic carbocycles. The molecule has 14 heteroatoms. The summed E-state index contributed by atoms with van der Waals surface area (Å²) in [6, 6.07) is 5.39. The molecule has 1 heterocycles. The third-order valence-corrected chi connectivity index (χ3v) is 5.98. The molecular weight excluding hydrogens is 537 g/mol. The van der Waals surface area contributed by atoms with Crippen LogP contribution < -0.4 is 21.3 Å². The number of rotatable bonds is 6. The van der Waals surface area contributed by atoms with E-state index in [0.717, 1.165) is 18.2 Å². The van der Waals surface area contributed by atoms with Crippen LogP contribution in [-0.4, -0.2) is 42.9 Å². The van der Waals surface area contributed by atoms with Gasteiger partial charge in [0.25, 0.3) is 5.91 Å². The highest BCUT2D eigenvalue weighted by atomic mass is 19.4. The first-order valence-electron chi connectivity index (χ1n) is 11.5. The van der Waals surface area contributed by atoms with Crippen LogP contribution in [-0.2, 0) is 26.7 Å². The maximum Gasteiger partial charge on any atom is 0.416 e. The molecule has 3 amide bonds. The fourth-order valence-electron chi connectivity index (χ4n) is 4.02. The fourth-order valence-corrected chi connectivity index (χ4v) is 4.02. The molecule has 0 aromatic heterocycles. The molecule has 0 unspecified atom stereocenters. The molecule has 2 aromatic rings. The Hall–Kier alpha value is -3.78. The minimum absolute atomic E-state index is 0.134. The quantitative estimate of drug-likeness (QED) is 0.370. The van der Waals surface area contributed by atoms with E-state index in [0.29, 0.717) is 5.56 Å². The van der Waals surface area contributed by atoms with Crippen LogP contribution in [0.2, 0.25) is 0 Å². The Morgan fingerprint density at radius 2 is 1.49 bits per heavy atom. The number of amides is 3. The lowest BCUT2D eigenvalue weighted by Crippen LogP contribution is -2.64. The van der Waals surface area contributed by atoms with Crippen LogP contribution in [0.25, 0.3) is 6.08 Å². The fraction of sp³-hybridized carbons (Fsp3) is 0.320. The van der Waals surface area contributed by atoms with Crippen molar-refractivity contribution in [3.05, 3.63) is 71.0 Å². The zero-order chi connectivity index (χ0) is 29.0. The van der Waals surface area contributed by atoms with Gasteiger partial charge in [0.05, 0.1) is 23.4 Å². The van der Waals surface area contributed by atoms with E-state index in [1.807, 2.05) is 0 Å². The molecule has 0 saturated carbocycles. The number of alkyl halides is 6. The second-order valence-corrected chi connectivity index (χ2v) is 8.71. The summed E-state index contributed by atoms with van der Waals surface area (Å²) in [5, 5.41) is 5.39. The second kappa shape index (κ2) is 11.5. The second-order valence-electron chi connectivity index (χ2n) is 8.71. The van der Waals surface area contributed by atoms with Crippen molar-refractivity contribution >= 4 is 29.5 Å². The van der Waals surface area contributed by atoms with Crippen LogP contribution in [0.1, 0.15) is 29.5 Å². The van der Waals surface area contributed by atoms with Crippen molar-refractivity contribution < 1.29 is 45.1 Å². The molecule has 4 N–H and O–H groups in total. The van der Waals surface area contributed by atoms with Gasteiger partial charge in [-0.05, 0) is 67.9 Å². The van der Waals surface area contributed by atoms with E-state index >= 15 is 0 Å². The highest BCUT2D eigenvalue weighted by Gasteiger charge is 2.46. The van der Waals surface area contributed by atoms with Crippen molar-refractivity contribution in [2.24, 2.45) is 5.73 Å². The van der Waals surface area contributed by atoms with Crippen LogP contribution in [0, 0.1) is 5.82 Å². The highest BCUT2D eigenvalue weighted by molar-refractivity contribution is 6.19. The summed E-state index contributed by atoms with van der Waals surface area (Å²) in [6.45, 7) is -0.653. The molecule has 1 fully saturated rings. The van der Waals surface area contributed by atoms with Gasteiger partial charge in [-0.2, -0.15) is 26.3 Å². The topological polar surface area (TPSA) is 105 Å². The summed E-state index contributed by atoms with van der Waals surface area (Å²) in [5.41, 5.74) is -0.535. The average molecular weight is 560 g/mol. The average Bonchev–Trinajstić information content (AvgIpc) is 2.87. The van der Waals surface area contributed by atoms with Crippen LogP contribution in [0.5, 0.6) is 0 Å². The van der Waals surface area contributed by atoms with E-state index in [1.165, 1.54) is 18.2 Å². The number of piperidine rings is 1. The Morgan fingerprint density at radius 3 is 1.97 bits per heavy atom. The zero-order valence-electron chi connectivity index (χ0n) is 20.1. The van der Waals surface area contributed by atoms with Crippen molar-refractivity contribution in [1.29, 1.82) is 0 Å². The number of carbonyl (C=O) groups is 3. The van der Waals surface area contributed by atoms with Gasteiger partial charge in [-0.3, -0.25) is 14.4 Å². The molecule has 1 aliphatic rings. The van der Waals surface area contributed by atoms with Crippen molar-refractivity contribution in [1.82, 2.24) is 10.6 Å². The number of anilines is 1. The molecule has 1 aliphatic heterocycles. The summed E-state index contributed by atoms with van der Waals surface area (Å²) < 4.78 is 93.9. The van der Waals surface area contributed by atoms with Crippen molar-refractivity contribution in [2.75, 3.05) is 24.5 Å². The Balaban J connectivity index is 2.05. The van der Waals surface area contributed by atoms with Crippen molar-refractivity contribution in [3.8, 4) is 0 Å². The third-order valence-electron chi connectivity index (χ3n) is 5.98. The molecule has 1 saturated heterocycles. The number of carbonyl (C=O) groups excluding carboxylic acids is 3. The SMILES string of the molecule is NCC(=O)N(C(=O)C1(NC(=O)/C=C/c2ccc(F)cc2)CCNCC1)c1cc(C(F)(F)F)cc(C(F)(F)F)c1. The van der Waals surface area contributed by atoms with Crippen LogP contribution in [0.3, 0.4) is 0 Å². The molecule has 3 rings (SSSR count). The van der Waals surface area contributed by atoms with Gasteiger partial charge in [0.1, 0.15) is 11.4 Å². The van der Waals surface area contributed by atoms with Crippen molar-refractivity contribution in [2.45, 2.75) is 30.7 Å². The summed E-state index contributed by atoms with van der Waals surface area (Å²) in [7, 11) is 0. The number of benzene rings is 2. The Labute approximate surface area is 217 Å². The number of hydrogen-bond donors (Lipinski definition) is 3. The number of hydrogen-bond acceptors (Lipinski definition) is 5. The molecule has 0 atom stereocenters. The number of nitrogens with two attached hydrogens (primary N) is 1. The highest BCUT2D eigenvalue weighted by Crippen LogP contribution is 2.39. The number of halogens is 7. The summed E-state index contributed by atoms with van der Waals surface area (Å²) >= 11 is 0. The Morgan fingerprint density at radius 1 is 0.949 bits per heavy atom. The van der Waals surface area contributed by atoms with Gasteiger partial charge in [0, 0.05) is 6.08 Å². The standard InChI is InChI=1S/C25H23F7N4O3/c26-18-4-1-15(2-5-18)3-6-20(37)35-23(7-9-34-10-8-23)22(39)36(21(38)14-33)19-12-16(24(27,28)29)11-17(13-19)25(30,31)32/h1-6,11-13,34H,7-10,14,33H2,(H,35,37)/b6-3+. The molecule has 0 aliphatic carbocycles. The monoisotopic (exact) mass is 560 g/mol. The summed E-state index contributed by atoms with van der Waals surface area (Å²) in [4.78, 5) is 39.4. The van der Waals surface area contributed by atoms with E-state index in [1.54, 1.807) is 0 Å². The van der Waals surface area contributed by atoms with Gasteiger partial charge in [-0.15, -0.1) is 0 Å². The summed E-state index contributed by atoms with van der Waals surface area (Å²) in [6.07, 6.45) is -8.42. The number of imide groups is 1. The first-order valence-corrected chi connectivity index (χ1v) is 11.5. The van der Waals surface area contributed by atoms with Crippen LogP contribution in [0.4, 0.5) is 36.4 Å². The van der Waals surface area contributed by atoms with Crippen molar-refractivity contribution in [3.63, 3.8) is 0 Å². The van der Waals surface area contributed by atoms with E-state index < -0.39 is 64.8 Å². The van der Waals surface area contributed by atoms with Crippen LogP contribution in [0.15, 0.2) is 48.5 Å². The van der Waals surface area contributed by atoms with Gasteiger partial charge in [-0.25, -0.2) is 9.29 Å². The van der Waals surface area contributed by atoms with E-state index in [9.17, 15) is 45.1 Å². The maximum absolute atomic E-state index is 13.8. The van der Waals surface area contributed by atoms with Crippen LogP contribution >= 0.6 is 0 Å². The molecular formula is C25H23F7N4O3. The molecule has 210 valence electrons. The smallest absolute Gasteiger partial charge is 0.338 e. The van der Waals surface area contributed by atoms with Gasteiger partial charge in [0.15, 0.2) is 0 Å². The van der Waals surface area contributed by atoms with E-state index in [4.69, 9.17) is 5.73 Å². The maximum atomic E-state index is 13.8. The number of nitrogens with zero attached hydrogens (tertiary/aromatic N) is 1. The van der Waals surface area contributed by atoms with E-state index in [-0.39, 0.29) is 49.0 Å². The van der Waals surface area contributed by atoms with Gasteiger partial charge in [-0.1, -0.05) is 12.1 Å². The first kappa shape index (κ1) is 29.8. The Bertz CT molecular complexity index is 1220. The lowest BCUT2D eigenvalue weighted by Gasteiger charge is -2.39. The first-order chi connectivity index (χ1) is 18.2. The molecule has 7 nitrogen and oxygen atoms in total. The predicted octanol–water partition coefficient (Wildman–Crippen LogP) is 3.63. The molecule has 0 bridgehead atoms. The molecule has 0 radical (unpaired) electrons. The third kappa shape index (κ3) is 7.20. The van der Waals surface area contributed by atoms with Gasteiger partial charge in [0.2, 0.25) is 11.8 Å². The lowest BCUT2D eigenvalue weighted by atomic mass is 9.86. The summed E-state index contributed by atoms with van der Waals surface area (Å²) in [5.74, 6) is -3.87.